The number of ether oxygens (including phenoxy) is 3. The maximum atomic E-state index is 12.9. The fourth-order valence-electron chi connectivity index (χ4n) is 5.88. The lowest BCUT2D eigenvalue weighted by Crippen LogP contribution is -2.44. The van der Waals surface area contributed by atoms with Crippen molar-refractivity contribution in [1.29, 1.82) is 0 Å². The van der Waals surface area contributed by atoms with Crippen LogP contribution in [0.2, 0.25) is 0 Å². The molecule has 5 N–H and O–H groups in total. The van der Waals surface area contributed by atoms with E-state index in [0.717, 1.165) is 47.9 Å². The number of nitrogens with zero attached hydrogens (tertiary/aromatic N) is 2. The lowest BCUT2D eigenvalue weighted by atomic mass is 10.1. The Morgan fingerprint density at radius 1 is 0.961 bits per heavy atom. The average molecular weight is 709 g/mol. The molecule has 0 saturated carbocycles. The third kappa shape index (κ3) is 12.2. The van der Waals surface area contributed by atoms with Gasteiger partial charge < -0.3 is 30.6 Å². The van der Waals surface area contributed by atoms with E-state index in [-0.39, 0.29) is 49.6 Å². The SMILES string of the molecule is Cn1c(=O)n(C2CCC(=O)NC2=O)c2ccc(CCCOCCOCC(=O)NCCCc3ccc(COC[C@H](CCC(N)=O)NC=O)cc3)cc21. The molecule has 2 aromatic carbocycles. The zero-order valence-electron chi connectivity index (χ0n) is 29.0. The van der Waals surface area contributed by atoms with Crippen LogP contribution in [0, 0.1) is 0 Å². The van der Waals surface area contributed by atoms with Crippen LogP contribution in [0.25, 0.3) is 11.0 Å². The molecule has 15 heteroatoms. The number of rotatable bonds is 23. The topological polar surface area (TPSA) is 202 Å². The summed E-state index contributed by atoms with van der Waals surface area (Å²) in [7, 11) is 1.67. The molecule has 3 aromatic rings. The van der Waals surface area contributed by atoms with E-state index in [9.17, 15) is 28.8 Å². The summed E-state index contributed by atoms with van der Waals surface area (Å²) in [5.41, 5.74) is 9.42. The first-order valence-electron chi connectivity index (χ1n) is 17.3. The number of nitrogens with one attached hydrogen (secondary N) is 3. The first kappa shape index (κ1) is 38.9. The fourth-order valence-corrected chi connectivity index (χ4v) is 5.88. The number of piperidine rings is 1. The summed E-state index contributed by atoms with van der Waals surface area (Å²) in [6.45, 7) is 2.32. The summed E-state index contributed by atoms with van der Waals surface area (Å²) in [6, 6.07) is 12.7. The van der Waals surface area contributed by atoms with E-state index in [4.69, 9.17) is 19.9 Å². The minimum Gasteiger partial charge on any atom is -0.379 e. The number of primary amides is 1. The number of benzene rings is 2. The van der Waals surface area contributed by atoms with E-state index in [1.165, 1.54) is 9.13 Å². The number of amides is 5. The molecule has 2 heterocycles. The Morgan fingerprint density at radius 2 is 1.69 bits per heavy atom. The van der Waals surface area contributed by atoms with E-state index in [1.807, 2.05) is 42.5 Å². The first-order valence-corrected chi connectivity index (χ1v) is 17.3. The highest BCUT2D eigenvalue weighted by Gasteiger charge is 2.31. The van der Waals surface area contributed by atoms with E-state index >= 15 is 0 Å². The second-order valence-corrected chi connectivity index (χ2v) is 12.5. The zero-order valence-corrected chi connectivity index (χ0v) is 29.0. The van der Waals surface area contributed by atoms with Gasteiger partial charge in [0.05, 0.1) is 43.5 Å². The Morgan fingerprint density at radius 3 is 2.43 bits per heavy atom. The van der Waals surface area contributed by atoms with Crippen LogP contribution >= 0.6 is 0 Å². The van der Waals surface area contributed by atoms with Gasteiger partial charge in [0.25, 0.3) is 0 Å². The highest BCUT2D eigenvalue weighted by atomic mass is 16.5. The number of carbonyl (C=O) groups is 5. The van der Waals surface area contributed by atoms with Crippen molar-refractivity contribution in [2.45, 2.75) is 70.1 Å². The van der Waals surface area contributed by atoms with Gasteiger partial charge in [-0.15, -0.1) is 0 Å². The van der Waals surface area contributed by atoms with Gasteiger partial charge in [0.2, 0.25) is 30.0 Å². The monoisotopic (exact) mass is 708 g/mol. The van der Waals surface area contributed by atoms with Gasteiger partial charge in [0, 0.05) is 33.0 Å². The Bertz CT molecular complexity index is 1700. The number of hydrogen-bond donors (Lipinski definition) is 4. The van der Waals surface area contributed by atoms with Crippen molar-refractivity contribution in [3.05, 3.63) is 69.6 Å². The molecule has 0 spiro atoms. The van der Waals surface area contributed by atoms with Crippen molar-refractivity contribution in [3.63, 3.8) is 0 Å². The molecule has 1 fully saturated rings. The largest absolute Gasteiger partial charge is 0.379 e. The number of imidazole rings is 1. The van der Waals surface area contributed by atoms with Gasteiger partial charge in [-0.05, 0) is 67.3 Å². The minimum atomic E-state index is -0.710. The molecule has 0 radical (unpaired) electrons. The fraction of sp³-hybridized carbons (Fsp3) is 0.500. The van der Waals surface area contributed by atoms with Gasteiger partial charge in [0.1, 0.15) is 12.6 Å². The number of imide groups is 1. The molecule has 1 aliphatic heterocycles. The van der Waals surface area contributed by atoms with E-state index < -0.39 is 17.9 Å². The van der Waals surface area contributed by atoms with Gasteiger partial charge >= 0.3 is 5.69 Å². The highest BCUT2D eigenvalue weighted by Crippen LogP contribution is 2.24. The molecular formula is C36H48N6O9. The van der Waals surface area contributed by atoms with E-state index in [2.05, 4.69) is 16.0 Å². The van der Waals surface area contributed by atoms with Crippen LogP contribution in [0.15, 0.2) is 47.3 Å². The molecule has 5 amide bonds. The molecule has 1 aromatic heterocycles. The van der Waals surface area contributed by atoms with Crippen molar-refractivity contribution in [1.82, 2.24) is 25.1 Å². The normalized spacial score (nSPS) is 15.0. The number of hydrogen-bond acceptors (Lipinski definition) is 9. The van der Waals surface area contributed by atoms with Crippen LogP contribution < -0.4 is 27.4 Å². The second-order valence-electron chi connectivity index (χ2n) is 12.5. The summed E-state index contributed by atoms with van der Waals surface area (Å²) in [4.78, 5) is 70.7. The predicted octanol–water partition coefficient (Wildman–Crippen LogP) is 0.929. The molecule has 0 aliphatic carbocycles. The smallest absolute Gasteiger partial charge is 0.329 e. The first-order chi connectivity index (χ1) is 24.7. The maximum Gasteiger partial charge on any atom is 0.329 e. The second kappa shape index (κ2) is 20.1. The summed E-state index contributed by atoms with van der Waals surface area (Å²) in [5, 5.41) is 7.82. The Hall–Kier alpha value is -4.86. The van der Waals surface area contributed by atoms with Crippen molar-refractivity contribution < 1.29 is 38.2 Å². The van der Waals surface area contributed by atoms with E-state index in [1.54, 1.807) is 7.05 Å². The standard InChI is InChI=1S/C36H48N6O9/c1-41-31-20-26(10-12-29(31)42(36(41)48)30-13-15-33(45)40-35(30)47)5-3-17-49-18-19-50-23-34(46)38-16-2-4-25-6-8-27(9-7-25)21-51-22-28(39-24-43)11-14-32(37)44/h6-10,12,20,24,28,30H,2-5,11,13-19,21-23H2,1H3,(H2,37,44)(H,38,46)(H,39,43)(H,40,45,47)/t28-,30?/m0/s1. The minimum absolute atomic E-state index is 0.0407. The molecule has 276 valence electrons. The van der Waals surface area contributed by atoms with Gasteiger partial charge in [-0.25, -0.2) is 4.79 Å². The lowest BCUT2D eigenvalue weighted by Gasteiger charge is -2.21. The number of carbonyl (C=O) groups excluding carboxylic acids is 5. The zero-order chi connectivity index (χ0) is 36.6. The van der Waals surface area contributed by atoms with Crippen LogP contribution in [-0.2, 0) is 64.7 Å². The molecule has 4 rings (SSSR count). The van der Waals surface area contributed by atoms with Crippen molar-refractivity contribution in [3.8, 4) is 0 Å². The summed E-state index contributed by atoms with van der Waals surface area (Å²) in [5.74, 6) is -1.38. The lowest BCUT2D eigenvalue weighted by molar-refractivity contribution is -0.135. The third-order valence-corrected chi connectivity index (χ3v) is 8.65. The molecule has 1 aliphatic rings. The quantitative estimate of drug-likeness (QED) is 0.0628. The molecule has 2 atom stereocenters. The number of aryl methyl sites for hydroxylation is 3. The van der Waals surface area contributed by atoms with Gasteiger partial charge in [-0.3, -0.25) is 38.4 Å². The predicted molar refractivity (Wildman–Crippen MR) is 187 cm³/mol. The maximum absolute atomic E-state index is 12.9. The molecule has 1 unspecified atom stereocenters. The van der Waals surface area contributed by atoms with Crippen molar-refractivity contribution >= 4 is 41.1 Å². The van der Waals surface area contributed by atoms with Gasteiger partial charge in [0.15, 0.2) is 0 Å². The van der Waals surface area contributed by atoms with E-state index in [0.29, 0.717) is 57.7 Å². The third-order valence-electron chi connectivity index (χ3n) is 8.65. The number of fused-ring (bicyclic) bond motifs is 1. The Balaban J connectivity index is 1.03. The molecule has 0 bridgehead atoms. The summed E-state index contributed by atoms with van der Waals surface area (Å²) >= 11 is 0. The van der Waals surface area contributed by atoms with Crippen LogP contribution in [0.5, 0.6) is 0 Å². The number of nitrogens with two attached hydrogens (primary N) is 1. The Kier molecular flexibility index (Phi) is 15.3. The number of aromatic nitrogens is 2. The average Bonchev–Trinajstić information content (AvgIpc) is 3.35. The van der Waals surface area contributed by atoms with Crippen LogP contribution in [0.3, 0.4) is 0 Å². The van der Waals surface area contributed by atoms with Crippen molar-refractivity contribution in [2.75, 3.05) is 39.6 Å². The van der Waals surface area contributed by atoms with Gasteiger partial charge in [-0.1, -0.05) is 30.3 Å². The molecular weight excluding hydrogens is 660 g/mol. The summed E-state index contributed by atoms with van der Waals surface area (Å²) < 4.78 is 19.8. The summed E-state index contributed by atoms with van der Waals surface area (Å²) in [6.07, 6.45) is 4.75. The molecule has 15 nitrogen and oxygen atoms in total. The van der Waals surface area contributed by atoms with Gasteiger partial charge in [-0.2, -0.15) is 0 Å². The molecule has 1 saturated heterocycles. The van der Waals surface area contributed by atoms with Crippen molar-refractivity contribution in [2.24, 2.45) is 12.8 Å². The van der Waals surface area contributed by atoms with Crippen LogP contribution in [0.1, 0.15) is 61.3 Å². The van der Waals surface area contributed by atoms with Crippen LogP contribution in [-0.4, -0.2) is 84.8 Å². The highest BCUT2D eigenvalue weighted by molar-refractivity contribution is 6.00. The Labute approximate surface area is 296 Å². The molecule has 51 heavy (non-hydrogen) atoms. The van der Waals surface area contributed by atoms with Crippen LogP contribution in [0.4, 0.5) is 0 Å².